The molecular formula is C22H22N2O2S. The number of carbonyl (C=O) groups is 1. The SMILES string of the molecule is O=C(NC[C@H]1CCCO1)[C@@H](Sc1ccc2ccccc2n1)c1ccccc1. The molecule has 3 aromatic rings. The van der Waals surface area contributed by atoms with Crippen molar-refractivity contribution in [3.63, 3.8) is 0 Å². The molecule has 0 unspecified atom stereocenters. The Morgan fingerprint density at radius 3 is 2.74 bits per heavy atom. The van der Waals surface area contributed by atoms with Crippen molar-refractivity contribution in [2.24, 2.45) is 0 Å². The van der Waals surface area contributed by atoms with Gasteiger partial charge in [-0.3, -0.25) is 4.79 Å². The highest BCUT2D eigenvalue weighted by atomic mass is 32.2. The minimum atomic E-state index is -0.346. The second kappa shape index (κ2) is 8.55. The lowest BCUT2D eigenvalue weighted by Gasteiger charge is -2.18. The Bertz CT molecular complexity index is 910. The fraction of sp³-hybridized carbons (Fsp3) is 0.273. The smallest absolute Gasteiger partial charge is 0.238 e. The minimum Gasteiger partial charge on any atom is -0.376 e. The van der Waals surface area contributed by atoms with Gasteiger partial charge in [0.25, 0.3) is 0 Å². The molecule has 2 aromatic carbocycles. The van der Waals surface area contributed by atoms with E-state index in [9.17, 15) is 4.79 Å². The van der Waals surface area contributed by atoms with Crippen LogP contribution >= 0.6 is 11.8 Å². The molecule has 1 aromatic heterocycles. The number of aromatic nitrogens is 1. The van der Waals surface area contributed by atoms with Crippen LogP contribution in [0.3, 0.4) is 0 Å². The summed E-state index contributed by atoms with van der Waals surface area (Å²) < 4.78 is 5.62. The highest BCUT2D eigenvalue weighted by Crippen LogP contribution is 2.35. The van der Waals surface area contributed by atoms with Gasteiger partial charge in [-0.1, -0.05) is 66.4 Å². The fourth-order valence-electron chi connectivity index (χ4n) is 3.25. The van der Waals surface area contributed by atoms with Crippen LogP contribution in [-0.2, 0) is 9.53 Å². The third kappa shape index (κ3) is 4.49. The number of benzene rings is 2. The van der Waals surface area contributed by atoms with E-state index in [2.05, 4.69) is 11.4 Å². The Balaban J connectivity index is 1.54. The molecule has 2 atom stereocenters. The van der Waals surface area contributed by atoms with Gasteiger partial charge >= 0.3 is 0 Å². The van der Waals surface area contributed by atoms with Crippen molar-refractivity contribution in [1.82, 2.24) is 10.3 Å². The van der Waals surface area contributed by atoms with Crippen molar-refractivity contribution in [3.8, 4) is 0 Å². The van der Waals surface area contributed by atoms with E-state index in [0.717, 1.165) is 40.9 Å². The standard InChI is InChI=1S/C22H22N2O2S/c25-22(23-15-18-10-6-14-26-18)21(17-8-2-1-3-9-17)27-20-13-12-16-7-4-5-11-19(16)24-20/h1-5,7-9,11-13,18,21H,6,10,14-15H2,(H,23,25)/t18-,21+/m1/s1. The zero-order valence-corrected chi connectivity index (χ0v) is 15.8. The van der Waals surface area contributed by atoms with Crippen molar-refractivity contribution in [3.05, 3.63) is 72.3 Å². The van der Waals surface area contributed by atoms with Crippen molar-refractivity contribution < 1.29 is 9.53 Å². The molecule has 1 aliphatic heterocycles. The van der Waals surface area contributed by atoms with Crippen molar-refractivity contribution in [1.29, 1.82) is 0 Å². The van der Waals surface area contributed by atoms with Gasteiger partial charge in [-0.05, 0) is 30.5 Å². The van der Waals surface area contributed by atoms with Crippen molar-refractivity contribution in [2.75, 3.05) is 13.2 Å². The van der Waals surface area contributed by atoms with Crippen LogP contribution in [0.15, 0.2) is 71.8 Å². The van der Waals surface area contributed by atoms with Gasteiger partial charge in [-0.25, -0.2) is 4.98 Å². The first-order chi connectivity index (χ1) is 13.3. The number of thioether (sulfide) groups is 1. The number of nitrogens with one attached hydrogen (secondary N) is 1. The number of hydrogen-bond donors (Lipinski definition) is 1. The molecular weight excluding hydrogens is 356 g/mol. The van der Waals surface area contributed by atoms with Crippen molar-refractivity contribution in [2.45, 2.75) is 29.2 Å². The van der Waals surface area contributed by atoms with Gasteiger partial charge < -0.3 is 10.1 Å². The topological polar surface area (TPSA) is 51.2 Å². The third-order valence-electron chi connectivity index (χ3n) is 4.68. The van der Waals surface area contributed by atoms with E-state index in [0.29, 0.717) is 6.54 Å². The Labute approximate surface area is 163 Å². The molecule has 1 saturated heterocycles. The minimum absolute atomic E-state index is 0.00309. The summed E-state index contributed by atoms with van der Waals surface area (Å²) in [6, 6.07) is 21.9. The van der Waals surface area contributed by atoms with E-state index in [1.54, 1.807) is 0 Å². The molecule has 1 amide bonds. The second-order valence-electron chi connectivity index (χ2n) is 6.63. The van der Waals surface area contributed by atoms with Gasteiger partial charge in [0.15, 0.2) is 0 Å². The van der Waals surface area contributed by atoms with Gasteiger partial charge in [0.05, 0.1) is 16.6 Å². The fourth-order valence-corrected chi connectivity index (χ4v) is 4.27. The largest absolute Gasteiger partial charge is 0.376 e. The maximum atomic E-state index is 13.0. The van der Waals surface area contributed by atoms with Crippen molar-refractivity contribution >= 4 is 28.6 Å². The molecule has 0 radical (unpaired) electrons. The highest BCUT2D eigenvalue weighted by Gasteiger charge is 2.24. The second-order valence-corrected chi connectivity index (χ2v) is 7.76. The first-order valence-electron chi connectivity index (χ1n) is 9.26. The molecule has 0 bridgehead atoms. The molecule has 1 N–H and O–H groups in total. The van der Waals surface area contributed by atoms with Crippen LogP contribution in [0.4, 0.5) is 0 Å². The van der Waals surface area contributed by atoms with E-state index in [-0.39, 0.29) is 17.3 Å². The van der Waals surface area contributed by atoms with E-state index >= 15 is 0 Å². The van der Waals surface area contributed by atoms with Crippen LogP contribution in [0.25, 0.3) is 10.9 Å². The number of hydrogen-bond acceptors (Lipinski definition) is 4. The molecule has 0 aliphatic carbocycles. The summed E-state index contributed by atoms with van der Waals surface area (Å²) in [5.74, 6) is -0.00309. The van der Waals surface area contributed by atoms with Gasteiger partial charge in [0.2, 0.25) is 5.91 Å². The molecule has 1 aliphatic rings. The molecule has 5 heteroatoms. The van der Waals surface area contributed by atoms with Gasteiger partial charge in [0, 0.05) is 18.5 Å². The Hall–Kier alpha value is -2.37. The predicted octanol–water partition coefficient (Wildman–Crippen LogP) is 4.36. The zero-order chi connectivity index (χ0) is 18.5. The van der Waals surface area contributed by atoms with Crippen LogP contribution in [0, 0.1) is 0 Å². The number of ether oxygens (including phenoxy) is 1. The normalized spacial score (nSPS) is 17.7. The number of nitrogens with zero attached hydrogens (tertiary/aromatic N) is 1. The van der Waals surface area contributed by atoms with Crippen LogP contribution in [-0.4, -0.2) is 30.1 Å². The predicted molar refractivity (Wildman–Crippen MR) is 109 cm³/mol. The molecule has 2 heterocycles. The number of rotatable bonds is 6. The Morgan fingerprint density at radius 1 is 1.11 bits per heavy atom. The van der Waals surface area contributed by atoms with E-state index in [1.807, 2.05) is 60.7 Å². The lowest BCUT2D eigenvalue weighted by molar-refractivity contribution is -0.121. The number of fused-ring (bicyclic) bond motifs is 1. The third-order valence-corrected chi connectivity index (χ3v) is 5.87. The monoisotopic (exact) mass is 378 g/mol. The molecule has 4 rings (SSSR count). The molecule has 0 spiro atoms. The molecule has 1 fully saturated rings. The number of carbonyl (C=O) groups excluding carboxylic acids is 1. The molecule has 27 heavy (non-hydrogen) atoms. The summed E-state index contributed by atoms with van der Waals surface area (Å²) in [5.41, 5.74) is 1.91. The van der Waals surface area contributed by atoms with E-state index in [1.165, 1.54) is 11.8 Å². The summed E-state index contributed by atoms with van der Waals surface area (Å²) in [5, 5.41) is 4.66. The molecule has 138 valence electrons. The van der Waals surface area contributed by atoms with Crippen LogP contribution in [0.5, 0.6) is 0 Å². The molecule has 0 saturated carbocycles. The quantitative estimate of drug-likeness (QED) is 0.648. The number of pyridine rings is 1. The number of amides is 1. The summed E-state index contributed by atoms with van der Waals surface area (Å²) in [7, 11) is 0. The average Bonchev–Trinajstić information content (AvgIpc) is 3.24. The van der Waals surface area contributed by atoms with Crippen LogP contribution in [0.1, 0.15) is 23.7 Å². The zero-order valence-electron chi connectivity index (χ0n) is 15.0. The summed E-state index contributed by atoms with van der Waals surface area (Å²) in [6.07, 6.45) is 2.21. The van der Waals surface area contributed by atoms with Crippen LogP contribution in [0.2, 0.25) is 0 Å². The maximum Gasteiger partial charge on any atom is 0.238 e. The van der Waals surface area contributed by atoms with E-state index in [4.69, 9.17) is 9.72 Å². The average molecular weight is 378 g/mol. The lowest BCUT2D eigenvalue weighted by atomic mass is 10.1. The lowest BCUT2D eigenvalue weighted by Crippen LogP contribution is -2.34. The van der Waals surface area contributed by atoms with E-state index < -0.39 is 0 Å². The molecule has 4 nitrogen and oxygen atoms in total. The first kappa shape index (κ1) is 18.0. The first-order valence-corrected chi connectivity index (χ1v) is 10.1. The van der Waals surface area contributed by atoms with Gasteiger partial charge in [-0.15, -0.1) is 0 Å². The maximum absolute atomic E-state index is 13.0. The summed E-state index contributed by atoms with van der Waals surface area (Å²) in [6.45, 7) is 1.35. The van der Waals surface area contributed by atoms with Crippen LogP contribution < -0.4 is 5.32 Å². The summed E-state index contributed by atoms with van der Waals surface area (Å²) in [4.78, 5) is 17.7. The Morgan fingerprint density at radius 2 is 1.93 bits per heavy atom. The van der Waals surface area contributed by atoms with Gasteiger partial charge in [0.1, 0.15) is 5.25 Å². The Kier molecular flexibility index (Phi) is 5.70. The van der Waals surface area contributed by atoms with Gasteiger partial charge in [-0.2, -0.15) is 0 Å². The number of para-hydroxylation sites is 1. The summed E-state index contributed by atoms with van der Waals surface area (Å²) >= 11 is 1.48. The highest BCUT2D eigenvalue weighted by molar-refractivity contribution is 8.00.